The Bertz CT molecular complexity index is 482. The third-order valence-corrected chi connectivity index (χ3v) is 4.09. The third kappa shape index (κ3) is 3.79. The van der Waals surface area contributed by atoms with Crippen molar-refractivity contribution in [1.82, 2.24) is 10.2 Å². The van der Waals surface area contributed by atoms with Crippen LogP contribution >= 0.6 is 34.8 Å². The number of carbonyl (C=O) groups excluding carboxylic acids is 1. The summed E-state index contributed by atoms with van der Waals surface area (Å²) >= 11 is 18.1. The highest BCUT2D eigenvalue weighted by molar-refractivity contribution is 6.68. The van der Waals surface area contributed by atoms with Gasteiger partial charge in [-0.2, -0.15) is 0 Å². The molecule has 1 saturated heterocycles. The molecule has 0 saturated carbocycles. The van der Waals surface area contributed by atoms with Gasteiger partial charge in [0.2, 0.25) is 3.79 Å². The summed E-state index contributed by atoms with van der Waals surface area (Å²) in [5.74, 6) is -0.216. The molecular formula is C14H17Cl3N2O. The fourth-order valence-corrected chi connectivity index (χ4v) is 2.99. The van der Waals surface area contributed by atoms with Gasteiger partial charge in [-0.15, -0.1) is 0 Å². The van der Waals surface area contributed by atoms with Crippen LogP contribution in [0.25, 0.3) is 0 Å². The molecule has 1 fully saturated rings. The van der Waals surface area contributed by atoms with Gasteiger partial charge in [-0.1, -0.05) is 53.0 Å². The van der Waals surface area contributed by atoms with Crippen LogP contribution in [-0.4, -0.2) is 33.9 Å². The molecule has 1 N–H and O–H groups in total. The Labute approximate surface area is 134 Å². The number of hydrogen-bond donors (Lipinski definition) is 1. The number of amides is 1. The molecule has 0 radical (unpaired) electrons. The van der Waals surface area contributed by atoms with Gasteiger partial charge in [-0.25, -0.2) is 0 Å². The molecular weight excluding hydrogens is 319 g/mol. The number of alkyl halides is 3. The molecule has 0 spiro atoms. The molecule has 1 aliphatic rings. The molecule has 0 aromatic heterocycles. The summed E-state index contributed by atoms with van der Waals surface area (Å²) in [5.41, 5.74) is 1.50. The largest absolute Gasteiger partial charge is 0.332 e. The molecule has 110 valence electrons. The van der Waals surface area contributed by atoms with Gasteiger partial charge >= 0.3 is 0 Å². The zero-order chi connectivity index (χ0) is 14.8. The van der Waals surface area contributed by atoms with Crippen molar-refractivity contribution < 1.29 is 4.79 Å². The van der Waals surface area contributed by atoms with Crippen LogP contribution in [-0.2, 0) is 0 Å². The topological polar surface area (TPSA) is 32.3 Å². The van der Waals surface area contributed by atoms with E-state index in [-0.39, 0.29) is 5.91 Å². The number of nitrogens with one attached hydrogen (secondary N) is 1. The first kappa shape index (κ1) is 15.9. The van der Waals surface area contributed by atoms with E-state index < -0.39 is 9.96 Å². The average Bonchev–Trinajstić information content (AvgIpc) is 2.88. The molecule has 1 atom stereocenters. The fourth-order valence-electron chi connectivity index (χ4n) is 2.41. The van der Waals surface area contributed by atoms with Crippen LogP contribution < -0.4 is 5.32 Å². The van der Waals surface area contributed by atoms with E-state index in [0.717, 1.165) is 31.5 Å². The van der Waals surface area contributed by atoms with Crippen LogP contribution in [0.3, 0.4) is 0 Å². The number of carbonyl (C=O) groups is 1. The number of hydrogen-bond acceptors (Lipinski definition) is 2. The lowest BCUT2D eigenvalue weighted by molar-refractivity contribution is 0.0873. The van der Waals surface area contributed by atoms with Crippen LogP contribution in [0.1, 0.15) is 28.8 Å². The van der Waals surface area contributed by atoms with Gasteiger partial charge < -0.3 is 5.32 Å². The standard InChI is InChI=1S/C14H17Cl3N2O/c1-10-6-2-3-7-11(10)12(20)18-13(14(15,16)17)19-8-4-5-9-19/h2-3,6-7,13H,4-5,8-9H2,1H3,(H,18,20)/t13-/m0/s1. The SMILES string of the molecule is Cc1ccccc1C(=O)N[C@@H](N1CCCC1)C(Cl)(Cl)Cl. The summed E-state index contributed by atoms with van der Waals surface area (Å²) in [5, 5.41) is 2.85. The van der Waals surface area contributed by atoms with Crippen molar-refractivity contribution in [3.05, 3.63) is 35.4 Å². The van der Waals surface area contributed by atoms with Gasteiger partial charge in [0.05, 0.1) is 0 Å². The Balaban J connectivity index is 2.16. The first-order valence-electron chi connectivity index (χ1n) is 6.57. The molecule has 1 amide bonds. The highest BCUT2D eigenvalue weighted by Crippen LogP contribution is 2.33. The molecule has 1 aromatic carbocycles. The van der Waals surface area contributed by atoms with Crippen molar-refractivity contribution in [2.75, 3.05) is 13.1 Å². The van der Waals surface area contributed by atoms with E-state index in [1.54, 1.807) is 6.07 Å². The van der Waals surface area contributed by atoms with Gasteiger partial charge in [-0.3, -0.25) is 9.69 Å². The van der Waals surface area contributed by atoms with Crippen molar-refractivity contribution in [1.29, 1.82) is 0 Å². The van der Waals surface area contributed by atoms with Crippen molar-refractivity contribution in [2.45, 2.75) is 29.7 Å². The molecule has 1 aliphatic heterocycles. The minimum absolute atomic E-state index is 0.216. The summed E-state index contributed by atoms with van der Waals surface area (Å²) in [4.78, 5) is 14.4. The predicted octanol–water partition coefficient (Wildman–Crippen LogP) is 3.52. The van der Waals surface area contributed by atoms with Gasteiger partial charge in [0, 0.05) is 18.7 Å². The van der Waals surface area contributed by atoms with Crippen molar-refractivity contribution in [3.63, 3.8) is 0 Å². The maximum absolute atomic E-state index is 12.4. The summed E-state index contributed by atoms with van der Waals surface area (Å²) in [6, 6.07) is 7.36. The van der Waals surface area contributed by atoms with E-state index in [1.165, 1.54) is 0 Å². The van der Waals surface area contributed by atoms with E-state index >= 15 is 0 Å². The van der Waals surface area contributed by atoms with Crippen molar-refractivity contribution >= 4 is 40.7 Å². The summed E-state index contributed by atoms with van der Waals surface area (Å²) in [7, 11) is 0. The lowest BCUT2D eigenvalue weighted by atomic mass is 10.1. The van der Waals surface area contributed by atoms with Crippen molar-refractivity contribution in [3.8, 4) is 0 Å². The van der Waals surface area contributed by atoms with Gasteiger partial charge in [0.1, 0.15) is 6.17 Å². The van der Waals surface area contributed by atoms with Crippen LogP contribution in [0.15, 0.2) is 24.3 Å². The van der Waals surface area contributed by atoms with Gasteiger partial charge in [0.25, 0.3) is 5.91 Å². The van der Waals surface area contributed by atoms with Crippen LogP contribution in [0, 0.1) is 6.92 Å². The second kappa shape index (κ2) is 6.52. The van der Waals surface area contributed by atoms with Crippen molar-refractivity contribution in [2.24, 2.45) is 0 Å². The molecule has 1 heterocycles. The maximum atomic E-state index is 12.4. The minimum atomic E-state index is -1.55. The number of nitrogens with zero attached hydrogens (tertiary/aromatic N) is 1. The Kier molecular flexibility index (Phi) is 5.19. The fraction of sp³-hybridized carbons (Fsp3) is 0.500. The minimum Gasteiger partial charge on any atom is -0.332 e. The number of aryl methyl sites for hydroxylation is 1. The zero-order valence-electron chi connectivity index (χ0n) is 11.2. The molecule has 0 bridgehead atoms. The summed E-state index contributed by atoms with van der Waals surface area (Å²) in [6.07, 6.45) is 1.50. The summed E-state index contributed by atoms with van der Waals surface area (Å²) in [6.45, 7) is 3.54. The number of rotatable bonds is 3. The Morgan fingerprint density at radius 1 is 1.25 bits per heavy atom. The van der Waals surface area contributed by atoms with E-state index in [2.05, 4.69) is 5.32 Å². The Hall–Kier alpha value is -0.480. The van der Waals surface area contributed by atoms with Crippen LogP contribution in [0.4, 0.5) is 0 Å². The Morgan fingerprint density at radius 2 is 1.85 bits per heavy atom. The monoisotopic (exact) mass is 334 g/mol. The third-order valence-electron chi connectivity index (χ3n) is 3.47. The number of benzene rings is 1. The highest BCUT2D eigenvalue weighted by Gasteiger charge is 2.39. The smallest absolute Gasteiger partial charge is 0.252 e. The van der Waals surface area contributed by atoms with Crippen LogP contribution in [0.2, 0.25) is 0 Å². The number of likely N-dealkylation sites (tertiary alicyclic amines) is 1. The number of halogens is 3. The van der Waals surface area contributed by atoms with Gasteiger partial charge in [0.15, 0.2) is 0 Å². The highest BCUT2D eigenvalue weighted by atomic mass is 35.6. The van der Waals surface area contributed by atoms with Crippen LogP contribution in [0.5, 0.6) is 0 Å². The quantitative estimate of drug-likeness (QED) is 0.857. The maximum Gasteiger partial charge on any atom is 0.252 e. The second-order valence-corrected chi connectivity index (χ2v) is 7.34. The molecule has 6 heteroatoms. The normalized spacial score (nSPS) is 18.0. The van der Waals surface area contributed by atoms with Gasteiger partial charge in [-0.05, 0) is 31.4 Å². The second-order valence-electron chi connectivity index (χ2n) is 4.98. The van der Waals surface area contributed by atoms with E-state index in [4.69, 9.17) is 34.8 Å². The lowest BCUT2D eigenvalue weighted by Crippen LogP contribution is -2.54. The predicted molar refractivity (Wildman–Crippen MR) is 83.5 cm³/mol. The molecule has 20 heavy (non-hydrogen) atoms. The average molecular weight is 336 g/mol. The molecule has 1 aromatic rings. The van der Waals surface area contributed by atoms with E-state index in [9.17, 15) is 4.79 Å². The Morgan fingerprint density at radius 3 is 2.40 bits per heavy atom. The molecule has 2 rings (SSSR count). The molecule has 3 nitrogen and oxygen atoms in total. The first-order chi connectivity index (χ1) is 9.39. The lowest BCUT2D eigenvalue weighted by Gasteiger charge is -2.33. The molecule has 0 aliphatic carbocycles. The van der Waals surface area contributed by atoms with E-state index in [0.29, 0.717) is 5.56 Å². The van der Waals surface area contributed by atoms with E-state index in [1.807, 2.05) is 30.0 Å². The zero-order valence-corrected chi connectivity index (χ0v) is 13.5. The first-order valence-corrected chi connectivity index (χ1v) is 7.70. The molecule has 0 unspecified atom stereocenters. The summed E-state index contributed by atoms with van der Waals surface area (Å²) < 4.78 is -1.55.